The molecule has 0 aliphatic carbocycles. The molecule has 1 atom stereocenters. The summed E-state index contributed by atoms with van der Waals surface area (Å²) in [5.41, 5.74) is 0.676. The first kappa shape index (κ1) is 31.4. The van der Waals surface area contributed by atoms with Gasteiger partial charge in [0.2, 0.25) is 11.8 Å². The minimum absolute atomic E-state index is 0.0334. The molecular formula is C29H32Cl2FN3O4S. The van der Waals surface area contributed by atoms with Gasteiger partial charge in [-0.05, 0) is 60.9 Å². The fourth-order valence-corrected chi connectivity index (χ4v) is 6.08. The Bertz CT molecular complexity index is 1390. The van der Waals surface area contributed by atoms with Crippen molar-refractivity contribution in [2.45, 2.75) is 50.6 Å². The summed E-state index contributed by atoms with van der Waals surface area (Å²) < 4.78 is 42.1. The van der Waals surface area contributed by atoms with E-state index in [0.717, 1.165) is 17.1 Å². The van der Waals surface area contributed by atoms with Gasteiger partial charge in [-0.25, -0.2) is 12.8 Å². The summed E-state index contributed by atoms with van der Waals surface area (Å²) in [6, 6.07) is 16.6. The van der Waals surface area contributed by atoms with Crippen molar-refractivity contribution in [3.63, 3.8) is 0 Å². The highest BCUT2D eigenvalue weighted by molar-refractivity contribution is 7.92. The van der Waals surface area contributed by atoms with Crippen molar-refractivity contribution in [1.82, 2.24) is 10.2 Å². The number of halogens is 3. The van der Waals surface area contributed by atoms with E-state index in [1.165, 1.54) is 59.5 Å². The lowest BCUT2D eigenvalue weighted by atomic mass is 10.1. The largest absolute Gasteiger partial charge is 0.354 e. The Morgan fingerprint density at radius 2 is 1.57 bits per heavy atom. The SMILES string of the molecule is CCCCNC(=O)C(CC)N(Cc1ccc(F)cc1)C(=O)CN(c1cc(Cl)cc(Cl)c1)S(=O)(=O)c1ccccc1. The topological polar surface area (TPSA) is 86.8 Å². The van der Waals surface area contributed by atoms with Crippen LogP contribution >= 0.6 is 23.2 Å². The Hall–Kier alpha value is -3.14. The fraction of sp³-hybridized carbons (Fsp3) is 0.310. The molecule has 0 heterocycles. The van der Waals surface area contributed by atoms with Crippen molar-refractivity contribution in [3.05, 3.63) is 94.2 Å². The number of benzene rings is 3. The van der Waals surface area contributed by atoms with E-state index in [4.69, 9.17) is 23.2 Å². The van der Waals surface area contributed by atoms with Gasteiger partial charge in [-0.2, -0.15) is 0 Å². The lowest BCUT2D eigenvalue weighted by molar-refractivity contribution is -0.140. The monoisotopic (exact) mass is 607 g/mol. The van der Waals surface area contributed by atoms with Gasteiger partial charge in [-0.1, -0.05) is 73.8 Å². The molecule has 2 amide bonds. The summed E-state index contributed by atoms with van der Waals surface area (Å²) in [7, 11) is -4.25. The molecule has 0 aliphatic heterocycles. The first-order chi connectivity index (χ1) is 19.1. The van der Waals surface area contributed by atoms with Crippen LogP contribution in [0.3, 0.4) is 0 Å². The van der Waals surface area contributed by atoms with E-state index in [2.05, 4.69) is 5.32 Å². The Labute approximate surface area is 244 Å². The summed E-state index contributed by atoms with van der Waals surface area (Å²) in [6.45, 7) is 3.55. The normalized spacial score (nSPS) is 12.0. The number of sulfonamides is 1. The van der Waals surface area contributed by atoms with Gasteiger partial charge in [0.15, 0.2) is 0 Å². The number of nitrogens with zero attached hydrogens (tertiary/aromatic N) is 2. The van der Waals surface area contributed by atoms with Crippen LogP contribution in [0.4, 0.5) is 10.1 Å². The zero-order valence-electron chi connectivity index (χ0n) is 22.3. The summed E-state index contributed by atoms with van der Waals surface area (Å²) in [6.07, 6.45) is 1.93. The minimum atomic E-state index is -4.25. The predicted octanol–water partition coefficient (Wildman–Crippen LogP) is 6.05. The average molecular weight is 609 g/mol. The molecule has 1 N–H and O–H groups in total. The number of anilines is 1. The Morgan fingerprint density at radius 1 is 0.950 bits per heavy atom. The lowest BCUT2D eigenvalue weighted by Gasteiger charge is -2.33. The lowest BCUT2D eigenvalue weighted by Crippen LogP contribution is -2.52. The number of carbonyl (C=O) groups is 2. The summed E-state index contributed by atoms with van der Waals surface area (Å²) in [5.74, 6) is -1.42. The molecule has 7 nitrogen and oxygen atoms in total. The van der Waals surface area contributed by atoms with Crippen LogP contribution in [-0.2, 0) is 26.2 Å². The highest BCUT2D eigenvalue weighted by Gasteiger charge is 2.33. The molecule has 3 aromatic carbocycles. The van der Waals surface area contributed by atoms with Crippen molar-refractivity contribution in [3.8, 4) is 0 Å². The van der Waals surface area contributed by atoms with Gasteiger partial charge in [0.25, 0.3) is 10.0 Å². The van der Waals surface area contributed by atoms with Gasteiger partial charge in [-0.3, -0.25) is 13.9 Å². The number of hydrogen-bond donors (Lipinski definition) is 1. The van der Waals surface area contributed by atoms with Crippen molar-refractivity contribution in [2.24, 2.45) is 0 Å². The Balaban J connectivity index is 2.05. The summed E-state index contributed by atoms with van der Waals surface area (Å²) in [4.78, 5) is 28.4. The highest BCUT2D eigenvalue weighted by atomic mass is 35.5. The van der Waals surface area contributed by atoms with E-state index in [1.54, 1.807) is 25.1 Å². The number of carbonyl (C=O) groups excluding carboxylic acids is 2. The summed E-state index contributed by atoms with van der Waals surface area (Å²) in [5, 5.41) is 3.24. The molecular weight excluding hydrogens is 576 g/mol. The Kier molecular flexibility index (Phi) is 11.4. The van der Waals surface area contributed by atoms with Gasteiger partial charge in [0, 0.05) is 23.1 Å². The van der Waals surface area contributed by atoms with Crippen LogP contribution in [0.25, 0.3) is 0 Å². The molecule has 3 aromatic rings. The molecule has 1 unspecified atom stereocenters. The van der Waals surface area contributed by atoms with Crippen molar-refractivity contribution in [2.75, 3.05) is 17.4 Å². The van der Waals surface area contributed by atoms with Gasteiger partial charge in [-0.15, -0.1) is 0 Å². The molecule has 214 valence electrons. The molecule has 0 spiro atoms. The van der Waals surface area contributed by atoms with Crippen LogP contribution in [-0.4, -0.2) is 44.3 Å². The van der Waals surface area contributed by atoms with Gasteiger partial charge < -0.3 is 10.2 Å². The van der Waals surface area contributed by atoms with E-state index in [9.17, 15) is 22.4 Å². The number of hydrogen-bond acceptors (Lipinski definition) is 4. The van der Waals surface area contributed by atoms with Crippen LogP contribution in [0.1, 0.15) is 38.7 Å². The minimum Gasteiger partial charge on any atom is -0.354 e. The number of rotatable bonds is 13. The zero-order chi connectivity index (χ0) is 29.3. The van der Waals surface area contributed by atoms with Crippen molar-refractivity contribution in [1.29, 1.82) is 0 Å². The third-order valence-corrected chi connectivity index (χ3v) is 8.45. The molecule has 0 radical (unpaired) electrons. The molecule has 0 saturated heterocycles. The van der Waals surface area contributed by atoms with Crippen LogP contribution in [0.5, 0.6) is 0 Å². The van der Waals surface area contributed by atoms with E-state index in [-0.39, 0.29) is 39.5 Å². The molecule has 40 heavy (non-hydrogen) atoms. The predicted molar refractivity (Wildman–Crippen MR) is 156 cm³/mol. The third-order valence-electron chi connectivity index (χ3n) is 6.23. The van der Waals surface area contributed by atoms with Crippen LogP contribution in [0.15, 0.2) is 77.7 Å². The van der Waals surface area contributed by atoms with E-state index < -0.39 is 34.3 Å². The number of nitrogens with one attached hydrogen (secondary N) is 1. The van der Waals surface area contributed by atoms with Gasteiger partial charge >= 0.3 is 0 Å². The smallest absolute Gasteiger partial charge is 0.264 e. The van der Waals surface area contributed by atoms with Crippen molar-refractivity contribution >= 4 is 50.7 Å². The molecule has 0 bridgehead atoms. The van der Waals surface area contributed by atoms with Crippen LogP contribution in [0, 0.1) is 5.82 Å². The average Bonchev–Trinajstić information content (AvgIpc) is 2.92. The third kappa shape index (κ3) is 8.19. The van der Waals surface area contributed by atoms with E-state index in [1.807, 2.05) is 6.92 Å². The second kappa shape index (κ2) is 14.5. The van der Waals surface area contributed by atoms with E-state index >= 15 is 0 Å². The first-order valence-corrected chi connectivity index (χ1v) is 15.1. The quantitative estimate of drug-likeness (QED) is 0.240. The van der Waals surface area contributed by atoms with Crippen LogP contribution < -0.4 is 9.62 Å². The fourth-order valence-electron chi connectivity index (χ4n) is 4.14. The molecule has 3 rings (SSSR count). The number of amides is 2. The van der Waals surface area contributed by atoms with E-state index in [0.29, 0.717) is 12.1 Å². The maximum absolute atomic E-state index is 14.0. The zero-order valence-corrected chi connectivity index (χ0v) is 24.6. The second-order valence-electron chi connectivity index (χ2n) is 9.17. The number of unbranched alkanes of at least 4 members (excludes halogenated alkanes) is 1. The van der Waals surface area contributed by atoms with Crippen molar-refractivity contribution < 1.29 is 22.4 Å². The molecule has 11 heteroatoms. The van der Waals surface area contributed by atoms with Gasteiger partial charge in [0.1, 0.15) is 18.4 Å². The standard InChI is InChI=1S/C29H32Cl2FN3O4S/c1-3-5-15-33-29(37)27(4-2)34(19-21-11-13-24(32)14-12-21)28(36)20-35(25-17-22(30)16-23(31)18-25)40(38,39)26-9-7-6-8-10-26/h6-14,16-18,27H,3-5,15,19-20H2,1-2H3,(H,33,37). The maximum atomic E-state index is 14.0. The van der Waals surface area contributed by atoms with Gasteiger partial charge in [0.05, 0.1) is 10.6 Å². The van der Waals surface area contributed by atoms with Crippen LogP contribution in [0.2, 0.25) is 10.0 Å². The molecule has 0 aliphatic rings. The summed E-state index contributed by atoms with van der Waals surface area (Å²) >= 11 is 12.4. The Morgan fingerprint density at radius 3 is 2.15 bits per heavy atom. The maximum Gasteiger partial charge on any atom is 0.264 e. The molecule has 0 fully saturated rings. The highest BCUT2D eigenvalue weighted by Crippen LogP contribution is 2.30. The second-order valence-corrected chi connectivity index (χ2v) is 11.9. The molecule has 0 aromatic heterocycles. The first-order valence-electron chi connectivity index (χ1n) is 12.9. The molecule has 0 saturated carbocycles.